The van der Waals surface area contributed by atoms with E-state index in [4.69, 9.17) is 9.47 Å². The highest BCUT2D eigenvalue weighted by Gasteiger charge is 2.63. The molecule has 3 nitrogen and oxygen atoms in total. The first-order valence-electron chi connectivity index (χ1n) is 5.25. The summed E-state index contributed by atoms with van der Waals surface area (Å²) in [6.45, 7) is 0. The van der Waals surface area contributed by atoms with E-state index >= 15 is 0 Å². The summed E-state index contributed by atoms with van der Waals surface area (Å²) >= 11 is 0. The number of ether oxygens (including phenoxy) is 2. The normalized spacial score (nSPS) is 44.4. The molecule has 0 aromatic rings. The highest BCUT2D eigenvalue weighted by Crippen LogP contribution is 2.60. The molecule has 1 heterocycles. The fraction of sp³-hybridized carbons (Fsp3) is 0.727. The van der Waals surface area contributed by atoms with E-state index in [2.05, 4.69) is 0 Å². The van der Waals surface area contributed by atoms with Gasteiger partial charge in [-0.15, -0.1) is 0 Å². The summed E-state index contributed by atoms with van der Waals surface area (Å²) in [5, 5.41) is 0. The van der Waals surface area contributed by atoms with Gasteiger partial charge in [0.05, 0.1) is 19.1 Å². The highest BCUT2D eigenvalue weighted by molar-refractivity contribution is 5.84. The second-order valence-corrected chi connectivity index (χ2v) is 4.50. The largest absolute Gasteiger partial charge is 0.500 e. The Bertz CT molecular complexity index is 320. The van der Waals surface area contributed by atoms with Gasteiger partial charge in [-0.2, -0.15) is 0 Å². The van der Waals surface area contributed by atoms with Gasteiger partial charge in [0.25, 0.3) is 0 Å². The van der Waals surface area contributed by atoms with Crippen LogP contribution in [0.4, 0.5) is 0 Å². The first-order chi connectivity index (χ1) is 6.76. The van der Waals surface area contributed by atoms with Crippen molar-refractivity contribution in [2.24, 2.45) is 11.8 Å². The predicted octanol–water partition coefficient (Wildman–Crippen LogP) is 1.63. The number of rotatable bonds is 1. The van der Waals surface area contributed by atoms with Crippen molar-refractivity contribution in [1.82, 2.24) is 0 Å². The van der Waals surface area contributed by atoms with Gasteiger partial charge in [-0.05, 0) is 25.7 Å². The maximum Gasteiger partial charge on any atom is 0.334 e. The van der Waals surface area contributed by atoms with E-state index < -0.39 is 0 Å². The van der Waals surface area contributed by atoms with Gasteiger partial charge >= 0.3 is 5.97 Å². The lowest BCUT2D eigenvalue weighted by molar-refractivity contribution is -0.194. The Balaban J connectivity index is 1.97. The SMILES string of the molecule is COC1=CC(=O)O[C@@]23CCC[C@@H]2C[C@@H]13. The first kappa shape index (κ1) is 8.33. The van der Waals surface area contributed by atoms with Gasteiger partial charge in [0, 0.05) is 5.92 Å². The van der Waals surface area contributed by atoms with Crippen molar-refractivity contribution in [3.8, 4) is 0 Å². The molecule has 0 amide bonds. The molecule has 2 saturated carbocycles. The van der Waals surface area contributed by atoms with E-state index in [-0.39, 0.29) is 11.6 Å². The van der Waals surface area contributed by atoms with E-state index in [0.717, 1.165) is 18.6 Å². The molecule has 3 atom stereocenters. The minimum atomic E-state index is -0.218. The van der Waals surface area contributed by atoms with Crippen LogP contribution < -0.4 is 0 Å². The average Bonchev–Trinajstić information content (AvgIpc) is 2.44. The van der Waals surface area contributed by atoms with Crippen LogP contribution in [-0.2, 0) is 14.3 Å². The average molecular weight is 194 g/mol. The number of carbonyl (C=O) groups is 1. The Kier molecular flexibility index (Phi) is 1.50. The fourth-order valence-corrected chi connectivity index (χ4v) is 3.37. The van der Waals surface area contributed by atoms with Gasteiger partial charge in [0.1, 0.15) is 11.4 Å². The van der Waals surface area contributed by atoms with Crippen molar-refractivity contribution >= 4 is 5.97 Å². The quantitative estimate of drug-likeness (QED) is 0.595. The third-order valence-electron chi connectivity index (χ3n) is 4.05. The Morgan fingerprint density at radius 2 is 2.50 bits per heavy atom. The third-order valence-corrected chi connectivity index (χ3v) is 4.05. The molecule has 0 aromatic heterocycles. The second kappa shape index (κ2) is 2.53. The maximum atomic E-state index is 11.4. The first-order valence-corrected chi connectivity index (χ1v) is 5.25. The third kappa shape index (κ3) is 0.805. The minimum absolute atomic E-state index is 0.169. The van der Waals surface area contributed by atoms with Crippen LogP contribution in [0.5, 0.6) is 0 Å². The monoisotopic (exact) mass is 194 g/mol. The van der Waals surface area contributed by atoms with Crippen LogP contribution in [-0.4, -0.2) is 18.7 Å². The van der Waals surface area contributed by atoms with Gasteiger partial charge in [0.2, 0.25) is 0 Å². The second-order valence-electron chi connectivity index (χ2n) is 4.50. The van der Waals surface area contributed by atoms with E-state index in [1.165, 1.54) is 18.9 Å². The Morgan fingerprint density at radius 1 is 1.64 bits per heavy atom. The summed E-state index contributed by atoms with van der Waals surface area (Å²) in [6.07, 6.45) is 6.05. The summed E-state index contributed by atoms with van der Waals surface area (Å²) < 4.78 is 10.8. The molecule has 0 N–H and O–H groups in total. The van der Waals surface area contributed by atoms with E-state index in [1.807, 2.05) is 0 Å². The molecule has 0 saturated heterocycles. The molecular formula is C11H14O3. The number of hydrogen-bond acceptors (Lipinski definition) is 3. The molecule has 3 aliphatic rings. The molecule has 0 aromatic carbocycles. The van der Waals surface area contributed by atoms with Crippen LogP contribution in [0.2, 0.25) is 0 Å². The topological polar surface area (TPSA) is 35.5 Å². The Morgan fingerprint density at radius 3 is 3.21 bits per heavy atom. The molecule has 0 radical (unpaired) electrons. The Labute approximate surface area is 83.1 Å². The molecule has 14 heavy (non-hydrogen) atoms. The summed E-state index contributed by atoms with van der Waals surface area (Å²) in [7, 11) is 1.64. The van der Waals surface area contributed by atoms with E-state index in [9.17, 15) is 4.79 Å². The Hall–Kier alpha value is -0.990. The van der Waals surface area contributed by atoms with Crippen LogP contribution in [0.3, 0.4) is 0 Å². The summed E-state index contributed by atoms with van der Waals surface area (Å²) in [6, 6.07) is 0. The molecule has 3 rings (SSSR count). The fourth-order valence-electron chi connectivity index (χ4n) is 3.37. The van der Waals surface area contributed by atoms with Gasteiger partial charge in [-0.1, -0.05) is 0 Å². The van der Waals surface area contributed by atoms with Crippen molar-refractivity contribution in [2.45, 2.75) is 31.3 Å². The molecule has 2 aliphatic carbocycles. The zero-order chi connectivity index (χ0) is 9.76. The number of hydrogen-bond donors (Lipinski definition) is 0. The smallest absolute Gasteiger partial charge is 0.334 e. The van der Waals surface area contributed by atoms with Gasteiger partial charge in [0.15, 0.2) is 0 Å². The summed E-state index contributed by atoms with van der Waals surface area (Å²) in [5.74, 6) is 1.55. The van der Waals surface area contributed by atoms with Crippen LogP contribution in [0, 0.1) is 11.8 Å². The van der Waals surface area contributed by atoms with E-state index in [1.54, 1.807) is 7.11 Å². The highest BCUT2D eigenvalue weighted by atomic mass is 16.6. The minimum Gasteiger partial charge on any atom is -0.500 e. The molecular weight excluding hydrogens is 180 g/mol. The zero-order valence-corrected chi connectivity index (χ0v) is 8.29. The molecule has 0 unspecified atom stereocenters. The van der Waals surface area contributed by atoms with Crippen molar-refractivity contribution in [1.29, 1.82) is 0 Å². The van der Waals surface area contributed by atoms with Gasteiger partial charge in [-0.25, -0.2) is 4.79 Å². The standard InChI is InChI=1S/C11H14O3/c1-13-9-6-10(12)14-11-4-2-3-7(11)5-8(9)11/h6-8H,2-5H2,1H3/t7-,8+,11+/m1/s1. The predicted molar refractivity (Wildman–Crippen MR) is 49.4 cm³/mol. The van der Waals surface area contributed by atoms with Crippen LogP contribution in [0.1, 0.15) is 25.7 Å². The molecule has 2 fully saturated rings. The number of methoxy groups -OCH3 is 1. The van der Waals surface area contributed by atoms with Gasteiger partial charge < -0.3 is 9.47 Å². The van der Waals surface area contributed by atoms with Crippen LogP contribution in [0.25, 0.3) is 0 Å². The van der Waals surface area contributed by atoms with Crippen molar-refractivity contribution < 1.29 is 14.3 Å². The molecule has 76 valence electrons. The van der Waals surface area contributed by atoms with Gasteiger partial charge in [-0.3, -0.25) is 0 Å². The molecule has 1 spiro atoms. The van der Waals surface area contributed by atoms with Crippen LogP contribution >= 0.6 is 0 Å². The van der Waals surface area contributed by atoms with Crippen molar-refractivity contribution in [3.05, 3.63) is 11.8 Å². The molecule has 1 aliphatic heterocycles. The van der Waals surface area contributed by atoms with Crippen molar-refractivity contribution in [2.75, 3.05) is 7.11 Å². The number of esters is 1. The zero-order valence-electron chi connectivity index (χ0n) is 8.29. The molecule has 0 bridgehead atoms. The summed E-state index contributed by atoms with van der Waals surface area (Å²) in [5.41, 5.74) is -0.169. The number of carbonyl (C=O) groups excluding carboxylic acids is 1. The molecule has 3 heteroatoms. The maximum absolute atomic E-state index is 11.4. The van der Waals surface area contributed by atoms with Crippen LogP contribution in [0.15, 0.2) is 11.8 Å². The lowest BCUT2D eigenvalue weighted by Gasteiger charge is -2.53. The lowest BCUT2D eigenvalue weighted by Crippen LogP contribution is -2.58. The lowest BCUT2D eigenvalue weighted by atomic mass is 9.61. The van der Waals surface area contributed by atoms with Crippen molar-refractivity contribution in [3.63, 3.8) is 0 Å². The van der Waals surface area contributed by atoms with E-state index in [0.29, 0.717) is 11.8 Å². The summed E-state index contributed by atoms with van der Waals surface area (Å²) in [4.78, 5) is 11.4.